The van der Waals surface area contributed by atoms with Crippen LogP contribution in [0.5, 0.6) is 0 Å². The molecule has 0 bridgehead atoms. The maximum atomic E-state index is 5.23. The van der Waals surface area contributed by atoms with Crippen LogP contribution in [0.2, 0.25) is 0 Å². The van der Waals surface area contributed by atoms with Crippen LogP contribution in [-0.2, 0) is 4.74 Å². The summed E-state index contributed by atoms with van der Waals surface area (Å²) in [6.45, 7) is 0.809. The van der Waals surface area contributed by atoms with Crippen molar-refractivity contribution in [2.24, 2.45) is 0 Å². The standard InChI is InChI=1S/C9H8N4O/c1-2-14-6(1)3-7-8-9(12-4-10-7)13-5-11-8/h3-5H,1-2H2,(H,10,11,12,13)/b6-3-. The molecule has 0 atom stereocenters. The number of aromatic amines is 1. The van der Waals surface area contributed by atoms with E-state index >= 15 is 0 Å². The molecule has 1 aliphatic heterocycles. The Kier molecular flexibility index (Phi) is 1.50. The second-order valence-corrected chi connectivity index (χ2v) is 3.07. The van der Waals surface area contributed by atoms with Crippen LogP contribution in [0.25, 0.3) is 17.2 Å². The van der Waals surface area contributed by atoms with Crippen molar-refractivity contribution in [2.45, 2.75) is 6.42 Å². The van der Waals surface area contributed by atoms with Crippen LogP contribution >= 0.6 is 0 Å². The van der Waals surface area contributed by atoms with Crippen LogP contribution in [0.1, 0.15) is 12.1 Å². The Balaban J connectivity index is 2.15. The Morgan fingerprint density at radius 2 is 2.29 bits per heavy atom. The minimum absolute atomic E-state index is 0.686. The fraction of sp³-hybridized carbons (Fsp3) is 0.222. The van der Waals surface area contributed by atoms with Crippen molar-refractivity contribution in [2.75, 3.05) is 6.61 Å². The molecule has 2 aromatic heterocycles. The molecule has 3 rings (SSSR count). The average molecular weight is 188 g/mol. The number of rotatable bonds is 1. The molecule has 1 fully saturated rings. The number of H-pyrrole nitrogens is 1. The lowest BCUT2D eigenvalue weighted by atomic mass is 10.2. The molecule has 0 saturated carbocycles. The summed E-state index contributed by atoms with van der Waals surface area (Å²) in [7, 11) is 0. The Bertz CT molecular complexity index is 496. The van der Waals surface area contributed by atoms with E-state index in [1.165, 1.54) is 6.33 Å². The van der Waals surface area contributed by atoms with Gasteiger partial charge in [-0.2, -0.15) is 0 Å². The lowest BCUT2D eigenvalue weighted by Gasteiger charge is -2.18. The van der Waals surface area contributed by atoms with Crippen molar-refractivity contribution >= 4 is 17.2 Å². The predicted octanol–water partition coefficient (Wildman–Crippen LogP) is 1.11. The molecule has 0 aromatic carbocycles. The molecule has 1 N–H and O–H groups in total. The van der Waals surface area contributed by atoms with E-state index in [2.05, 4.69) is 19.9 Å². The third-order valence-electron chi connectivity index (χ3n) is 2.19. The Hall–Kier alpha value is -1.91. The average Bonchev–Trinajstić information content (AvgIpc) is 2.59. The largest absolute Gasteiger partial charge is 0.497 e. The minimum atomic E-state index is 0.686. The Labute approximate surface area is 79.9 Å². The zero-order chi connectivity index (χ0) is 9.38. The van der Waals surface area contributed by atoms with Gasteiger partial charge in [0.15, 0.2) is 5.65 Å². The molecule has 1 saturated heterocycles. The maximum Gasteiger partial charge on any atom is 0.181 e. The molecule has 1 aliphatic rings. The lowest BCUT2D eigenvalue weighted by molar-refractivity contribution is 0.122. The van der Waals surface area contributed by atoms with Gasteiger partial charge in [-0.15, -0.1) is 0 Å². The number of imidazole rings is 1. The number of nitrogens with zero attached hydrogens (tertiary/aromatic N) is 3. The van der Waals surface area contributed by atoms with E-state index < -0.39 is 0 Å². The second-order valence-electron chi connectivity index (χ2n) is 3.07. The van der Waals surface area contributed by atoms with Gasteiger partial charge in [-0.1, -0.05) is 0 Å². The van der Waals surface area contributed by atoms with Crippen LogP contribution < -0.4 is 0 Å². The van der Waals surface area contributed by atoms with Crippen molar-refractivity contribution in [3.05, 3.63) is 24.1 Å². The highest BCUT2D eigenvalue weighted by atomic mass is 16.5. The zero-order valence-corrected chi connectivity index (χ0v) is 7.40. The van der Waals surface area contributed by atoms with Gasteiger partial charge in [0.2, 0.25) is 0 Å². The topological polar surface area (TPSA) is 63.7 Å². The fourth-order valence-corrected chi connectivity index (χ4v) is 1.38. The summed E-state index contributed by atoms with van der Waals surface area (Å²) in [5.74, 6) is 0.972. The van der Waals surface area contributed by atoms with Gasteiger partial charge in [-0.25, -0.2) is 15.0 Å². The van der Waals surface area contributed by atoms with Crippen molar-refractivity contribution in [3.8, 4) is 0 Å². The molecule has 0 aliphatic carbocycles. The first-order chi connectivity index (χ1) is 6.93. The number of hydrogen-bond donors (Lipinski definition) is 1. The van der Waals surface area contributed by atoms with Gasteiger partial charge in [0.05, 0.1) is 18.6 Å². The zero-order valence-electron chi connectivity index (χ0n) is 7.40. The molecule has 70 valence electrons. The van der Waals surface area contributed by atoms with E-state index in [1.54, 1.807) is 6.33 Å². The molecule has 0 spiro atoms. The highest BCUT2D eigenvalue weighted by molar-refractivity contribution is 5.79. The molecule has 0 amide bonds. The molecule has 5 nitrogen and oxygen atoms in total. The van der Waals surface area contributed by atoms with E-state index in [0.29, 0.717) is 5.65 Å². The van der Waals surface area contributed by atoms with Gasteiger partial charge >= 0.3 is 0 Å². The molecule has 0 radical (unpaired) electrons. The maximum absolute atomic E-state index is 5.23. The van der Waals surface area contributed by atoms with E-state index in [4.69, 9.17) is 4.74 Å². The van der Waals surface area contributed by atoms with Gasteiger partial charge in [0.25, 0.3) is 0 Å². The van der Waals surface area contributed by atoms with Crippen molar-refractivity contribution in [3.63, 3.8) is 0 Å². The normalized spacial score (nSPS) is 18.1. The van der Waals surface area contributed by atoms with E-state index in [-0.39, 0.29) is 0 Å². The molecule has 0 unspecified atom stereocenters. The van der Waals surface area contributed by atoms with Crippen LogP contribution in [0, 0.1) is 0 Å². The van der Waals surface area contributed by atoms with Gasteiger partial charge in [0.1, 0.15) is 17.6 Å². The third kappa shape index (κ3) is 1.06. The van der Waals surface area contributed by atoms with Crippen LogP contribution in [0.15, 0.2) is 18.4 Å². The molecule has 2 aromatic rings. The number of fused-ring (bicyclic) bond motifs is 1. The molecule has 14 heavy (non-hydrogen) atoms. The molecule has 3 heterocycles. The number of hydrogen-bond acceptors (Lipinski definition) is 4. The minimum Gasteiger partial charge on any atom is -0.497 e. The summed E-state index contributed by atoms with van der Waals surface area (Å²) in [5, 5.41) is 0. The molecular weight excluding hydrogens is 180 g/mol. The summed E-state index contributed by atoms with van der Waals surface area (Å²) in [6, 6.07) is 0. The van der Waals surface area contributed by atoms with Crippen LogP contribution in [-0.4, -0.2) is 26.5 Å². The first-order valence-corrected chi connectivity index (χ1v) is 4.41. The van der Waals surface area contributed by atoms with Gasteiger partial charge in [-0.05, 0) is 0 Å². The van der Waals surface area contributed by atoms with Crippen LogP contribution in [0.3, 0.4) is 0 Å². The first-order valence-electron chi connectivity index (χ1n) is 4.41. The smallest absolute Gasteiger partial charge is 0.181 e. The lowest BCUT2D eigenvalue weighted by Crippen LogP contribution is -2.08. The summed E-state index contributed by atoms with van der Waals surface area (Å²) >= 11 is 0. The third-order valence-corrected chi connectivity index (χ3v) is 2.19. The van der Waals surface area contributed by atoms with Gasteiger partial charge in [-0.3, -0.25) is 0 Å². The van der Waals surface area contributed by atoms with Crippen LogP contribution in [0.4, 0.5) is 0 Å². The highest BCUT2D eigenvalue weighted by Crippen LogP contribution is 2.20. The fourth-order valence-electron chi connectivity index (χ4n) is 1.38. The van der Waals surface area contributed by atoms with E-state index in [1.807, 2.05) is 6.08 Å². The summed E-state index contributed by atoms with van der Waals surface area (Å²) in [5.41, 5.74) is 2.38. The number of nitrogens with one attached hydrogen (secondary N) is 1. The monoisotopic (exact) mass is 188 g/mol. The summed E-state index contributed by atoms with van der Waals surface area (Å²) < 4.78 is 5.23. The Morgan fingerprint density at radius 3 is 3.07 bits per heavy atom. The van der Waals surface area contributed by atoms with Crippen molar-refractivity contribution in [1.29, 1.82) is 0 Å². The SMILES string of the molecule is C(=C1\CCO1)/c1ncnc2nc[nH]c12. The first kappa shape index (κ1) is 7.49. The highest BCUT2D eigenvalue weighted by Gasteiger charge is 2.11. The molecular formula is C9H8N4O. The van der Waals surface area contributed by atoms with Gasteiger partial charge < -0.3 is 9.72 Å². The predicted molar refractivity (Wildman–Crippen MR) is 50.2 cm³/mol. The summed E-state index contributed by atoms with van der Waals surface area (Å²) in [6.07, 6.45) is 6.03. The van der Waals surface area contributed by atoms with Crippen molar-refractivity contribution in [1.82, 2.24) is 19.9 Å². The van der Waals surface area contributed by atoms with E-state index in [0.717, 1.165) is 30.0 Å². The number of aromatic nitrogens is 4. The Morgan fingerprint density at radius 1 is 1.36 bits per heavy atom. The van der Waals surface area contributed by atoms with Gasteiger partial charge in [0, 0.05) is 12.5 Å². The van der Waals surface area contributed by atoms with E-state index in [9.17, 15) is 0 Å². The second kappa shape index (κ2) is 2.80. The summed E-state index contributed by atoms with van der Waals surface area (Å²) in [4.78, 5) is 15.3. The number of ether oxygens (including phenoxy) is 1. The quantitative estimate of drug-likeness (QED) is 0.728. The molecule has 5 heteroatoms. The van der Waals surface area contributed by atoms with Crippen molar-refractivity contribution < 1.29 is 4.74 Å².